The predicted octanol–water partition coefficient (Wildman–Crippen LogP) is 2.59. The van der Waals surface area contributed by atoms with Gasteiger partial charge in [0.25, 0.3) is 0 Å². The molecular formula is C13H16BrFN2O2S. The van der Waals surface area contributed by atoms with E-state index < -0.39 is 15.8 Å². The molecule has 2 aliphatic rings. The maximum atomic E-state index is 14.0. The number of halogens is 2. The van der Waals surface area contributed by atoms with Crippen molar-refractivity contribution in [2.75, 3.05) is 18.8 Å². The fourth-order valence-corrected chi connectivity index (χ4v) is 5.22. The predicted molar refractivity (Wildman–Crippen MR) is 78.1 cm³/mol. The van der Waals surface area contributed by atoms with Gasteiger partial charge in [-0.3, -0.25) is 0 Å². The molecule has 2 N–H and O–H groups in total. The standard InChI is InChI=1S/C13H16BrFN2O2S/c14-10-4-11(15)13(5-12(10)16)20(18,19)17-6-8-2-1-3-9(8)7-17/h4-5,8-9H,1-3,6-7,16H2. The molecule has 0 bridgehead atoms. The van der Waals surface area contributed by atoms with Crippen molar-refractivity contribution in [1.82, 2.24) is 4.31 Å². The van der Waals surface area contributed by atoms with Crippen LogP contribution in [0.2, 0.25) is 0 Å². The van der Waals surface area contributed by atoms with Crippen molar-refractivity contribution in [2.24, 2.45) is 11.8 Å². The van der Waals surface area contributed by atoms with Crippen molar-refractivity contribution in [3.63, 3.8) is 0 Å². The summed E-state index contributed by atoms with van der Waals surface area (Å²) in [7, 11) is -3.79. The first-order valence-electron chi connectivity index (χ1n) is 6.64. The molecular weight excluding hydrogens is 347 g/mol. The normalized spacial score (nSPS) is 26.9. The molecule has 3 rings (SSSR count). The molecule has 0 aromatic heterocycles. The maximum absolute atomic E-state index is 14.0. The van der Waals surface area contributed by atoms with Gasteiger partial charge in [0, 0.05) is 23.2 Å². The fourth-order valence-electron chi connectivity index (χ4n) is 3.27. The van der Waals surface area contributed by atoms with Crippen LogP contribution in [-0.2, 0) is 10.0 Å². The molecule has 1 saturated carbocycles. The molecule has 1 heterocycles. The zero-order valence-corrected chi connectivity index (χ0v) is 13.3. The second-order valence-corrected chi connectivity index (χ2v) is 8.34. The van der Waals surface area contributed by atoms with Crippen molar-refractivity contribution >= 4 is 31.6 Å². The largest absolute Gasteiger partial charge is 0.398 e. The first kappa shape index (κ1) is 14.3. The third-order valence-corrected chi connectivity index (χ3v) is 6.90. The number of fused-ring (bicyclic) bond motifs is 1. The van der Waals surface area contributed by atoms with E-state index in [2.05, 4.69) is 15.9 Å². The van der Waals surface area contributed by atoms with E-state index in [1.54, 1.807) is 0 Å². The van der Waals surface area contributed by atoms with E-state index in [1.165, 1.54) is 16.8 Å². The van der Waals surface area contributed by atoms with Crippen molar-refractivity contribution in [1.29, 1.82) is 0 Å². The Morgan fingerprint density at radius 3 is 2.45 bits per heavy atom. The quantitative estimate of drug-likeness (QED) is 0.822. The molecule has 1 aliphatic carbocycles. The van der Waals surface area contributed by atoms with Crippen LogP contribution < -0.4 is 5.73 Å². The highest BCUT2D eigenvalue weighted by molar-refractivity contribution is 9.10. The van der Waals surface area contributed by atoms with Crippen molar-refractivity contribution < 1.29 is 12.8 Å². The summed E-state index contributed by atoms with van der Waals surface area (Å²) in [5, 5.41) is 0. The number of anilines is 1. The lowest BCUT2D eigenvalue weighted by Gasteiger charge is -2.18. The van der Waals surface area contributed by atoms with Crippen LogP contribution in [0.15, 0.2) is 21.5 Å². The molecule has 4 nitrogen and oxygen atoms in total. The van der Waals surface area contributed by atoms with Gasteiger partial charge in [0.1, 0.15) is 10.7 Å². The number of hydrogen-bond acceptors (Lipinski definition) is 3. The van der Waals surface area contributed by atoms with E-state index in [9.17, 15) is 12.8 Å². The fraction of sp³-hybridized carbons (Fsp3) is 0.538. The summed E-state index contributed by atoms with van der Waals surface area (Å²) < 4.78 is 40.9. The van der Waals surface area contributed by atoms with Gasteiger partial charge < -0.3 is 5.73 Å². The van der Waals surface area contributed by atoms with Crippen LogP contribution in [0.3, 0.4) is 0 Å². The minimum Gasteiger partial charge on any atom is -0.398 e. The van der Waals surface area contributed by atoms with Crippen molar-refractivity contribution in [2.45, 2.75) is 24.2 Å². The number of rotatable bonds is 2. The van der Waals surface area contributed by atoms with E-state index in [1.807, 2.05) is 0 Å². The van der Waals surface area contributed by atoms with Gasteiger partial charge in [-0.2, -0.15) is 4.31 Å². The molecule has 7 heteroatoms. The highest BCUT2D eigenvalue weighted by atomic mass is 79.9. The smallest absolute Gasteiger partial charge is 0.246 e. The Bertz CT molecular complexity index is 638. The average Bonchev–Trinajstić information content (AvgIpc) is 2.94. The van der Waals surface area contributed by atoms with Crippen LogP contribution in [-0.4, -0.2) is 25.8 Å². The van der Waals surface area contributed by atoms with Gasteiger partial charge in [-0.05, 0) is 52.7 Å². The van der Waals surface area contributed by atoms with Gasteiger partial charge in [-0.15, -0.1) is 0 Å². The molecule has 20 heavy (non-hydrogen) atoms. The summed E-state index contributed by atoms with van der Waals surface area (Å²) in [5.74, 6) is 0.101. The molecule has 0 spiro atoms. The van der Waals surface area contributed by atoms with E-state index >= 15 is 0 Å². The van der Waals surface area contributed by atoms with Gasteiger partial charge >= 0.3 is 0 Å². The SMILES string of the molecule is Nc1cc(S(=O)(=O)N2CC3CCCC3C2)c(F)cc1Br. The molecule has 1 saturated heterocycles. The molecule has 2 atom stereocenters. The van der Waals surface area contributed by atoms with Crippen LogP contribution in [0.4, 0.5) is 10.1 Å². The monoisotopic (exact) mass is 362 g/mol. The van der Waals surface area contributed by atoms with Crippen LogP contribution in [0.1, 0.15) is 19.3 Å². The van der Waals surface area contributed by atoms with Gasteiger partial charge in [0.2, 0.25) is 10.0 Å². The summed E-state index contributed by atoms with van der Waals surface area (Å²) in [4.78, 5) is -0.321. The maximum Gasteiger partial charge on any atom is 0.246 e. The second-order valence-electron chi connectivity index (χ2n) is 5.58. The minimum atomic E-state index is -3.79. The van der Waals surface area contributed by atoms with Gasteiger partial charge in [0.15, 0.2) is 0 Å². The van der Waals surface area contributed by atoms with E-state index in [0.717, 1.165) is 18.9 Å². The van der Waals surface area contributed by atoms with E-state index in [-0.39, 0.29) is 10.6 Å². The van der Waals surface area contributed by atoms with Crippen LogP contribution in [0, 0.1) is 17.7 Å². The average molecular weight is 363 g/mol. The summed E-state index contributed by atoms with van der Waals surface area (Å²) >= 11 is 3.10. The number of nitrogens with two attached hydrogens (primary N) is 1. The zero-order chi connectivity index (χ0) is 14.5. The molecule has 110 valence electrons. The lowest BCUT2D eigenvalue weighted by atomic mass is 10.0. The topological polar surface area (TPSA) is 63.4 Å². The number of hydrogen-bond donors (Lipinski definition) is 1. The number of nitrogens with zero attached hydrogens (tertiary/aromatic N) is 1. The molecule has 0 radical (unpaired) electrons. The summed E-state index contributed by atoms with van der Waals surface area (Å²) in [6.45, 7) is 1.00. The van der Waals surface area contributed by atoms with Gasteiger partial charge in [-0.1, -0.05) is 6.42 Å². The Kier molecular flexibility index (Phi) is 3.54. The van der Waals surface area contributed by atoms with Crippen molar-refractivity contribution in [3.05, 3.63) is 22.4 Å². The molecule has 1 aromatic carbocycles. The lowest BCUT2D eigenvalue weighted by molar-refractivity contribution is 0.440. The molecule has 0 amide bonds. The van der Waals surface area contributed by atoms with Gasteiger partial charge in [-0.25, -0.2) is 12.8 Å². The number of sulfonamides is 1. The molecule has 1 aliphatic heterocycles. The van der Waals surface area contributed by atoms with E-state index in [0.29, 0.717) is 29.4 Å². The summed E-state index contributed by atoms with van der Waals surface area (Å²) in [5.41, 5.74) is 5.91. The summed E-state index contributed by atoms with van der Waals surface area (Å²) in [6.07, 6.45) is 3.31. The van der Waals surface area contributed by atoms with Crippen LogP contribution in [0.25, 0.3) is 0 Å². The van der Waals surface area contributed by atoms with Gasteiger partial charge in [0.05, 0.1) is 0 Å². The second kappa shape index (κ2) is 4.96. The molecule has 2 unspecified atom stereocenters. The first-order valence-corrected chi connectivity index (χ1v) is 8.87. The highest BCUT2D eigenvalue weighted by Gasteiger charge is 2.42. The molecule has 1 aromatic rings. The molecule has 2 fully saturated rings. The Balaban J connectivity index is 1.95. The lowest BCUT2D eigenvalue weighted by Crippen LogP contribution is -2.30. The zero-order valence-electron chi connectivity index (χ0n) is 10.9. The Hall–Kier alpha value is -0.660. The Morgan fingerprint density at radius 1 is 1.25 bits per heavy atom. The minimum absolute atomic E-state index is 0.226. The van der Waals surface area contributed by atoms with Crippen LogP contribution in [0.5, 0.6) is 0 Å². The Morgan fingerprint density at radius 2 is 1.85 bits per heavy atom. The number of nitrogen functional groups attached to an aromatic ring is 1. The summed E-state index contributed by atoms with van der Waals surface area (Å²) in [6, 6.07) is 2.31. The Labute approximate surface area is 126 Å². The van der Waals surface area contributed by atoms with Crippen molar-refractivity contribution in [3.8, 4) is 0 Å². The number of benzene rings is 1. The first-order chi connectivity index (χ1) is 9.39. The third-order valence-electron chi connectivity index (χ3n) is 4.36. The third kappa shape index (κ3) is 2.25. The van der Waals surface area contributed by atoms with Crippen LogP contribution >= 0.6 is 15.9 Å². The van der Waals surface area contributed by atoms with E-state index in [4.69, 9.17) is 5.73 Å². The highest BCUT2D eigenvalue weighted by Crippen LogP contribution is 2.40.